The molecular weight excluding hydrogens is 484 g/mol. The largest absolute Gasteiger partial charge is 0.496 e. The van der Waals surface area contributed by atoms with Crippen molar-refractivity contribution in [2.45, 2.75) is 6.04 Å². The molecule has 5 rings (SSSR count). The average molecular weight is 511 g/mol. The second kappa shape index (κ2) is 10.1. The van der Waals surface area contributed by atoms with Crippen molar-refractivity contribution >= 4 is 29.1 Å². The molecule has 2 aliphatic heterocycles. The fraction of sp³-hybridized carbons (Fsp3) is 0.333. The van der Waals surface area contributed by atoms with Crippen molar-refractivity contribution < 1.29 is 14.3 Å². The molecule has 11 nitrogen and oxygen atoms in total. The number of benzene rings is 1. The molecule has 12 heteroatoms. The van der Waals surface area contributed by atoms with Crippen molar-refractivity contribution in [1.29, 1.82) is 0 Å². The van der Waals surface area contributed by atoms with Gasteiger partial charge in [0, 0.05) is 55.4 Å². The Balaban J connectivity index is 1.41. The highest BCUT2D eigenvalue weighted by Gasteiger charge is 2.32. The monoisotopic (exact) mass is 510 g/mol. The molecule has 1 saturated heterocycles. The normalized spacial score (nSPS) is 18.4. The minimum Gasteiger partial charge on any atom is -0.496 e. The maximum Gasteiger partial charge on any atom is 0.261 e. The Morgan fingerprint density at radius 2 is 2.06 bits per heavy atom. The van der Waals surface area contributed by atoms with Crippen LogP contribution in [0.15, 0.2) is 54.8 Å². The summed E-state index contributed by atoms with van der Waals surface area (Å²) in [7, 11) is 3.62. The van der Waals surface area contributed by atoms with Gasteiger partial charge in [-0.25, -0.2) is 14.9 Å². The Hall–Kier alpha value is -3.67. The number of carbonyl (C=O) groups is 2. The summed E-state index contributed by atoms with van der Waals surface area (Å²) in [4.78, 5) is 34.6. The molecule has 3 aromatic rings. The molecule has 0 radical (unpaired) electrons. The highest BCUT2D eigenvalue weighted by Crippen LogP contribution is 2.34. The van der Waals surface area contributed by atoms with Crippen LogP contribution in [0.5, 0.6) is 5.75 Å². The summed E-state index contributed by atoms with van der Waals surface area (Å²) < 4.78 is 7.09. The Morgan fingerprint density at radius 1 is 1.25 bits per heavy atom. The summed E-state index contributed by atoms with van der Waals surface area (Å²) in [6, 6.07) is 6.52. The number of hydrogen-bond donors (Lipinski definition) is 2. The first-order valence-corrected chi connectivity index (χ1v) is 11.9. The van der Waals surface area contributed by atoms with E-state index in [1.807, 2.05) is 11.9 Å². The molecule has 0 spiro atoms. The molecule has 2 N–H and O–H groups in total. The van der Waals surface area contributed by atoms with Crippen LogP contribution in [-0.4, -0.2) is 88.1 Å². The lowest BCUT2D eigenvalue weighted by Crippen LogP contribution is -2.50. The minimum atomic E-state index is -0.502. The third-order valence-corrected chi connectivity index (χ3v) is 6.58. The van der Waals surface area contributed by atoms with E-state index in [4.69, 9.17) is 16.3 Å². The number of carbonyl (C=O) groups excluding carboxylic acids is 2. The standard InChI is InChI=1S/C24H27ClN8O3/c1-30-8-10-31(11-9-30)21(34)15-32-14-19(22(29-32)17-12-16(25)4-5-20(17)36-2)28-24(35)18-13-27-33-7-3-6-26-23(18)33/h3-7,12-14,22,29H,8-11,15H2,1-2H3,(H,28,35). The smallest absolute Gasteiger partial charge is 0.261 e. The number of nitrogens with one attached hydrogen (secondary N) is 2. The number of hydrazine groups is 1. The molecule has 2 amide bonds. The van der Waals surface area contributed by atoms with Crippen LogP contribution < -0.4 is 15.5 Å². The van der Waals surface area contributed by atoms with Crippen molar-refractivity contribution in [2.75, 3.05) is 46.9 Å². The summed E-state index contributed by atoms with van der Waals surface area (Å²) in [6.07, 6.45) is 6.54. The number of likely N-dealkylation sites (N-methyl/N-ethyl adjacent to an activating group) is 1. The molecule has 0 aliphatic carbocycles. The van der Waals surface area contributed by atoms with Gasteiger partial charge in [-0.2, -0.15) is 5.10 Å². The topological polar surface area (TPSA) is 107 Å². The van der Waals surface area contributed by atoms with Crippen molar-refractivity contribution in [3.05, 3.63) is 70.9 Å². The number of methoxy groups -OCH3 is 1. The third kappa shape index (κ3) is 4.85. The molecule has 36 heavy (non-hydrogen) atoms. The number of amides is 2. The van der Waals surface area contributed by atoms with Crippen LogP contribution in [0.25, 0.3) is 5.65 Å². The van der Waals surface area contributed by atoms with Gasteiger partial charge in [0.15, 0.2) is 5.65 Å². The van der Waals surface area contributed by atoms with Gasteiger partial charge in [-0.05, 0) is 31.3 Å². The van der Waals surface area contributed by atoms with Gasteiger partial charge in [0.25, 0.3) is 5.91 Å². The van der Waals surface area contributed by atoms with Gasteiger partial charge in [-0.3, -0.25) is 9.59 Å². The summed E-state index contributed by atoms with van der Waals surface area (Å²) in [5.41, 5.74) is 5.37. The molecule has 1 aromatic carbocycles. The third-order valence-electron chi connectivity index (χ3n) is 6.35. The number of fused-ring (bicyclic) bond motifs is 1. The number of nitrogens with zero attached hydrogens (tertiary/aromatic N) is 6. The van der Waals surface area contributed by atoms with E-state index >= 15 is 0 Å². The first kappa shape index (κ1) is 24.0. The number of hydrogen-bond acceptors (Lipinski definition) is 8. The van der Waals surface area contributed by atoms with Crippen LogP contribution in [0.4, 0.5) is 0 Å². The zero-order chi connectivity index (χ0) is 25.2. The van der Waals surface area contributed by atoms with E-state index in [1.165, 1.54) is 10.7 Å². The van der Waals surface area contributed by atoms with Gasteiger partial charge in [0.2, 0.25) is 5.91 Å². The Labute approximate surface area is 213 Å². The predicted octanol–water partition coefficient (Wildman–Crippen LogP) is 1.30. The second-order valence-electron chi connectivity index (χ2n) is 8.75. The van der Waals surface area contributed by atoms with Gasteiger partial charge < -0.3 is 24.9 Å². The zero-order valence-corrected chi connectivity index (χ0v) is 20.8. The molecule has 0 bridgehead atoms. The van der Waals surface area contributed by atoms with E-state index in [0.717, 1.165) is 18.7 Å². The van der Waals surface area contributed by atoms with Crippen molar-refractivity contribution in [1.82, 2.24) is 40.1 Å². The van der Waals surface area contributed by atoms with Gasteiger partial charge in [0.05, 0.1) is 25.0 Å². The fourth-order valence-electron chi connectivity index (χ4n) is 4.37. The van der Waals surface area contributed by atoms with E-state index in [9.17, 15) is 9.59 Å². The molecule has 2 aliphatic rings. The number of halogens is 1. The Bertz CT molecular complexity index is 1320. The molecule has 2 aromatic heterocycles. The average Bonchev–Trinajstić information content (AvgIpc) is 3.48. The lowest BCUT2D eigenvalue weighted by atomic mass is 10.0. The van der Waals surface area contributed by atoms with Crippen LogP contribution in [-0.2, 0) is 4.79 Å². The van der Waals surface area contributed by atoms with Crippen LogP contribution >= 0.6 is 11.6 Å². The van der Waals surface area contributed by atoms with Crippen molar-refractivity contribution in [2.24, 2.45) is 0 Å². The molecule has 0 saturated carbocycles. The lowest BCUT2D eigenvalue weighted by Gasteiger charge is -2.33. The highest BCUT2D eigenvalue weighted by atomic mass is 35.5. The van der Waals surface area contributed by atoms with E-state index in [2.05, 4.69) is 25.7 Å². The van der Waals surface area contributed by atoms with Crippen molar-refractivity contribution in [3.63, 3.8) is 0 Å². The van der Waals surface area contributed by atoms with Crippen LogP contribution in [0.1, 0.15) is 22.0 Å². The van der Waals surface area contributed by atoms with Crippen LogP contribution in [0, 0.1) is 0 Å². The van der Waals surface area contributed by atoms with E-state index in [-0.39, 0.29) is 18.4 Å². The van der Waals surface area contributed by atoms with E-state index < -0.39 is 6.04 Å². The number of rotatable bonds is 6. The quantitative estimate of drug-likeness (QED) is 0.511. The van der Waals surface area contributed by atoms with Gasteiger partial charge >= 0.3 is 0 Å². The number of piperazine rings is 1. The van der Waals surface area contributed by atoms with Crippen LogP contribution in [0.3, 0.4) is 0 Å². The van der Waals surface area contributed by atoms with Crippen molar-refractivity contribution in [3.8, 4) is 5.75 Å². The Kier molecular flexibility index (Phi) is 6.77. The minimum absolute atomic E-state index is 0.00284. The number of ether oxygens (including phenoxy) is 1. The first-order valence-electron chi connectivity index (χ1n) is 11.6. The summed E-state index contributed by atoms with van der Waals surface area (Å²) >= 11 is 6.30. The molecule has 188 valence electrons. The fourth-order valence-corrected chi connectivity index (χ4v) is 4.55. The molecular formula is C24H27ClN8O3. The first-order chi connectivity index (χ1) is 17.4. The lowest BCUT2D eigenvalue weighted by molar-refractivity contribution is -0.133. The van der Waals surface area contributed by atoms with Gasteiger partial charge in [-0.15, -0.1) is 0 Å². The summed E-state index contributed by atoms with van der Waals surface area (Å²) in [6.45, 7) is 3.16. The number of aromatic nitrogens is 3. The highest BCUT2D eigenvalue weighted by molar-refractivity contribution is 6.30. The Morgan fingerprint density at radius 3 is 2.83 bits per heavy atom. The summed E-state index contributed by atoms with van der Waals surface area (Å²) in [5.74, 6) is 0.236. The molecule has 4 heterocycles. The SMILES string of the molecule is COc1ccc(Cl)cc1C1NN(CC(=O)N2CCN(C)CC2)C=C1NC(=O)c1cnn2cccnc12. The predicted molar refractivity (Wildman–Crippen MR) is 133 cm³/mol. The maximum absolute atomic E-state index is 13.3. The van der Waals surface area contributed by atoms with E-state index in [1.54, 1.807) is 55.0 Å². The van der Waals surface area contributed by atoms with Gasteiger partial charge in [0.1, 0.15) is 17.9 Å². The molecule has 1 atom stereocenters. The molecule has 1 fully saturated rings. The summed E-state index contributed by atoms with van der Waals surface area (Å²) in [5, 5.41) is 9.39. The zero-order valence-electron chi connectivity index (χ0n) is 20.0. The molecule has 1 unspecified atom stereocenters. The maximum atomic E-state index is 13.3. The van der Waals surface area contributed by atoms with E-state index in [0.29, 0.717) is 40.8 Å². The second-order valence-corrected chi connectivity index (χ2v) is 9.18. The van der Waals surface area contributed by atoms with Crippen LogP contribution in [0.2, 0.25) is 5.02 Å². The van der Waals surface area contributed by atoms with Gasteiger partial charge in [-0.1, -0.05) is 11.6 Å².